The third-order valence-electron chi connectivity index (χ3n) is 2.97. The molecule has 3 aromatic rings. The Balaban J connectivity index is 2.41. The van der Waals surface area contributed by atoms with Crippen molar-refractivity contribution >= 4 is 11.2 Å². The minimum absolute atomic E-state index is 0.0454. The number of hydrogen-bond acceptors (Lipinski definition) is 3. The molecule has 0 saturated heterocycles. The van der Waals surface area contributed by atoms with Crippen molar-refractivity contribution in [2.24, 2.45) is 0 Å². The molecule has 0 N–H and O–H groups in total. The average Bonchev–Trinajstić information content (AvgIpc) is 2.82. The number of imidazole rings is 1. The molecule has 0 aliphatic heterocycles. The Hall–Kier alpha value is -2.50. The van der Waals surface area contributed by atoms with E-state index in [-0.39, 0.29) is 21.5 Å². The smallest absolute Gasteiger partial charge is 0.282 e. The van der Waals surface area contributed by atoms with Gasteiger partial charge in [0.1, 0.15) is 12.2 Å². The largest absolute Gasteiger partial charge is 0.291 e. The summed E-state index contributed by atoms with van der Waals surface area (Å²) in [6, 6.07) is 9.23. The second-order valence-electron chi connectivity index (χ2n) is 4.08. The average molecular weight is 258 g/mol. The molecule has 2 aromatic heterocycles. The van der Waals surface area contributed by atoms with Crippen molar-refractivity contribution in [1.82, 2.24) is 19.3 Å². The summed E-state index contributed by atoms with van der Waals surface area (Å²) >= 11 is 0. The molecular formula is C13H11FN4O. The summed E-state index contributed by atoms with van der Waals surface area (Å²) in [5.74, 6) is 0.444. The van der Waals surface area contributed by atoms with Crippen molar-refractivity contribution in [3.05, 3.63) is 47.0 Å². The molecule has 19 heavy (non-hydrogen) atoms. The molecule has 0 saturated carbocycles. The maximum Gasteiger partial charge on any atom is 0.282 e. The molecule has 5 nitrogen and oxygen atoms in total. The van der Waals surface area contributed by atoms with Crippen LogP contribution in [-0.2, 0) is 6.54 Å². The fraction of sp³-hybridized carbons (Fsp3) is 0.154. The molecule has 2 heterocycles. The van der Waals surface area contributed by atoms with Gasteiger partial charge in [0, 0.05) is 12.1 Å². The minimum Gasteiger partial charge on any atom is -0.291 e. The Morgan fingerprint density at radius 1 is 1.26 bits per heavy atom. The van der Waals surface area contributed by atoms with Gasteiger partial charge in [-0.25, -0.2) is 9.97 Å². The van der Waals surface area contributed by atoms with Gasteiger partial charge < -0.3 is 0 Å². The molecule has 1 aromatic carbocycles. The predicted molar refractivity (Wildman–Crippen MR) is 69.4 cm³/mol. The molecule has 0 aliphatic rings. The Morgan fingerprint density at radius 2 is 2.00 bits per heavy atom. The fourth-order valence-corrected chi connectivity index (χ4v) is 2.06. The van der Waals surface area contributed by atoms with E-state index >= 15 is 0 Å². The van der Waals surface area contributed by atoms with Crippen LogP contribution in [-0.4, -0.2) is 19.3 Å². The lowest BCUT2D eigenvalue weighted by atomic mass is 10.2. The summed E-state index contributed by atoms with van der Waals surface area (Å²) in [5, 5.41) is 0. The van der Waals surface area contributed by atoms with Crippen LogP contribution in [0.2, 0.25) is 0 Å². The molecule has 0 spiro atoms. The van der Waals surface area contributed by atoms with Crippen LogP contribution in [0, 0.1) is 0 Å². The van der Waals surface area contributed by atoms with Crippen LogP contribution in [0.5, 0.6) is 0 Å². The quantitative estimate of drug-likeness (QED) is 0.706. The van der Waals surface area contributed by atoms with Crippen LogP contribution < -0.4 is 5.56 Å². The highest BCUT2D eigenvalue weighted by atomic mass is 19.2. The Kier molecular flexibility index (Phi) is 2.63. The van der Waals surface area contributed by atoms with E-state index in [1.54, 1.807) is 0 Å². The highest BCUT2D eigenvalue weighted by Gasteiger charge is 2.15. The first-order chi connectivity index (χ1) is 9.22. The monoisotopic (exact) mass is 258 g/mol. The lowest BCUT2D eigenvalue weighted by Crippen LogP contribution is -2.23. The third kappa shape index (κ3) is 1.72. The van der Waals surface area contributed by atoms with E-state index in [2.05, 4.69) is 9.97 Å². The fourth-order valence-electron chi connectivity index (χ4n) is 2.06. The first kappa shape index (κ1) is 11.6. The van der Waals surface area contributed by atoms with Crippen molar-refractivity contribution in [2.75, 3.05) is 0 Å². The van der Waals surface area contributed by atoms with Crippen molar-refractivity contribution < 1.29 is 4.48 Å². The zero-order valence-electron chi connectivity index (χ0n) is 10.2. The minimum atomic E-state index is -0.331. The number of fused-ring (bicyclic) bond motifs is 1. The van der Waals surface area contributed by atoms with Crippen LogP contribution in [0.1, 0.15) is 6.92 Å². The summed E-state index contributed by atoms with van der Waals surface area (Å²) in [7, 11) is 0. The van der Waals surface area contributed by atoms with Crippen LogP contribution in [0.15, 0.2) is 41.5 Å². The third-order valence-corrected chi connectivity index (χ3v) is 2.97. The number of nitrogens with zero attached hydrogens (tertiary/aromatic N) is 4. The van der Waals surface area contributed by atoms with Crippen LogP contribution in [0.25, 0.3) is 22.6 Å². The van der Waals surface area contributed by atoms with Crippen molar-refractivity contribution in [1.29, 1.82) is 0 Å². The molecule has 0 amide bonds. The molecule has 3 rings (SSSR count). The maximum atomic E-state index is 13.5. The topological polar surface area (TPSA) is 52.7 Å². The van der Waals surface area contributed by atoms with E-state index in [4.69, 9.17) is 0 Å². The van der Waals surface area contributed by atoms with Gasteiger partial charge in [-0.3, -0.25) is 9.36 Å². The van der Waals surface area contributed by atoms with Crippen molar-refractivity contribution in [2.45, 2.75) is 13.5 Å². The first-order valence-corrected chi connectivity index (χ1v) is 5.92. The van der Waals surface area contributed by atoms with Gasteiger partial charge in [0.15, 0.2) is 11.2 Å². The molecule has 0 radical (unpaired) electrons. The number of halogens is 1. The highest BCUT2D eigenvalue weighted by molar-refractivity contribution is 5.72. The number of hydrogen-bond donors (Lipinski definition) is 0. The second kappa shape index (κ2) is 4.31. The number of rotatable bonds is 2. The Morgan fingerprint density at radius 3 is 2.68 bits per heavy atom. The van der Waals surface area contributed by atoms with Gasteiger partial charge in [-0.15, -0.1) is 4.79 Å². The van der Waals surface area contributed by atoms with Crippen molar-refractivity contribution in [3.8, 4) is 11.4 Å². The standard InChI is InChI=1S/C13H11FN4O/c1-2-17-11(9-6-4-3-5-7-9)16-12-10(13(17)19)15-8-18(12)14/h3-8H,2H2,1H3. The van der Waals surface area contributed by atoms with Crippen LogP contribution in [0.4, 0.5) is 4.48 Å². The van der Waals surface area contributed by atoms with Gasteiger partial charge >= 0.3 is 0 Å². The zero-order chi connectivity index (χ0) is 13.4. The Bertz CT molecular complexity index is 792. The second-order valence-corrected chi connectivity index (χ2v) is 4.08. The van der Waals surface area contributed by atoms with Gasteiger partial charge in [0.2, 0.25) is 0 Å². The number of benzene rings is 1. The van der Waals surface area contributed by atoms with Gasteiger partial charge in [0.05, 0.1) is 0 Å². The van der Waals surface area contributed by atoms with Gasteiger partial charge in [-0.1, -0.05) is 34.8 Å². The number of aromatic nitrogens is 4. The van der Waals surface area contributed by atoms with E-state index in [0.717, 1.165) is 11.9 Å². The summed E-state index contributed by atoms with van der Waals surface area (Å²) in [5.41, 5.74) is 0.435. The SMILES string of the molecule is CCn1c(-c2ccccc2)nc2c(ncn2F)c1=O. The maximum absolute atomic E-state index is 13.5. The molecule has 0 atom stereocenters. The van der Waals surface area contributed by atoms with E-state index in [9.17, 15) is 9.28 Å². The zero-order valence-corrected chi connectivity index (χ0v) is 10.2. The van der Waals surface area contributed by atoms with Gasteiger partial charge in [-0.2, -0.15) is 0 Å². The molecular weight excluding hydrogens is 247 g/mol. The van der Waals surface area contributed by atoms with Gasteiger partial charge in [-0.05, 0) is 6.92 Å². The first-order valence-electron chi connectivity index (χ1n) is 5.92. The van der Waals surface area contributed by atoms with E-state index < -0.39 is 0 Å². The Labute approximate surface area is 107 Å². The van der Waals surface area contributed by atoms with E-state index in [0.29, 0.717) is 12.4 Å². The van der Waals surface area contributed by atoms with Crippen LogP contribution >= 0.6 is 0 Å². The summed E-state index contributed by atoms with van der Waals surface area (Å²) in [4.78, 5) is 20.5. The molecule has 6 heteroatoms. The van der Waals surface area contributed by atoms with Crippen molar-refractivity contribution in [3.63, 3.8) is 0 Å². The molecule has 0 bridgehead atoms. The molecule has 0 fully saturated rings. The molecule has 0 aliphatic carbocycles. The normalized spacial score (nSPS) is 11.1. The summed E-state index contributed by atoms with van der Waals surface area (Å²) < 4.78 is 15.0. The molecule has 0 unspecified atom stereocenters. The lowest BCUT2D eigenvalue weighted by molar-refractivity contribution is 0.381. The highest BCUT2D eigenvalue weighted by Crippen LogP contribution is 2.18. The van der Waals surface area contributed by atoms with E-state index in [1.165, 1.54) is 4.57 Å². The lowest BCUT2D eigenvalue weighted by Gasteiger charge is -2.09. The van der Waals surface area contributed by atoms with Crippen LogP contribution in [0.3, 0.4) is 0 Å². The summed E-state index contributed by atoms with van der Waals surface area (Å²) in [6.07, 6.45) is 0.952. The van der Waals surface area contributed by atoms with Gasteiger partial charge in [0.25, 0.3) is 5.56 Å². The van der Waals surface area contributed by atoms with E-state index in [1.807, 2.05) is 37.3 Å². The predicted octanol–water partition coefficient (Wildman–Crippen LogP) is 2.01. The molecule has 96 valence electrons. The summed E-state index contributed by atoms with van der Waals surface area (Å²) in [6.45, 7) is 2.29.